The second-order valence-electron chi connectivity index (χ2n) is 6.71. The van der Waals surface area contributed by atoms with Gasteiger partial charge < -0.3 is 9.64 Å². The molecule has 2 aliphatic heterocycles. The summed E-state index contributed by atoms with van der Waals surface area (Å²) in [5.41, 5.74) is 4.45. The fourth-order valence-corrected chi connectivity index (χ4v) is 5.15. The van der Waals surface area contributed by atoms with Crippen molar-refractivity contribution in [2.24, 2.45) is 10.3 Å². The molecular formula is C21H23FN2OS. The van der Waals surface area contributed by atoms with Gasteiger partial charge in [0.2, 0.25) is 0 Å². The molecule has 0 amide bonds. The highest BCUT2D eigenvalue weighted by Crippen LogP contribution is 2.48. The van der Waals surface area contributed by atoms with E-state index in [0.717, 1.165) is 40.4 Å². The number of ether oxygens (including phenoxy) is 1. The molecule has 3 atom stereocenters. The van der Waals surface area contributed by atoms with Gasteiger partial charge >= 0.3 is 0 Å². The van der Waals surface area contributed by atoms with Crippen LogP contribution in [-0.2, 0) is 0 Å². The lowest BCUT2D eigenvalue weighted by Gasteiger charge is -2.37. The third kappa shape index (κ3) is 2.60. The number of amidine groups is 1. The number of halogens is 1. The number of hydrogen-bond acceptors (Lipinski definition) is 4. The first-order valence-corrected chi connectivity index (χ1v) is 9.98. The number of rotatable bonds is 5. The van der Waals surface area contributed by atoms with Crippen LogP contribution in [0.1, 0.15) is 32.3 Å². The fourth-order valence-electron chi connectivity index (χ4n) is 3.93. The zero-order valence-electron chi connectivity index (χ0n) is 15.3. The Morgan fingerprint density at radius 3 is 2.65 bits per heavy atom. The first kappa shape index (κ1) is 17.4. The number of hydrogen-bond donors (Lipinski definition) is 0. The lowest BCUT2D eigenvalue weighted by molar-refractivity contribution is 0.213. The van der Waals surface area contributed by atoms with Crippen LogP contribution in [0.3, 0.4) is 0 Å². The summed E-state index contributed by atoms with van der Waals surface area (Å²) in [5.74, 6) is 1.70. The highest BCUT2D eigenvalue weighted by Gasteiger charge is 2.42. The summed E-state index contributed by atoms with van der Waals surface area (Å²) in [4.78, 5) is 2.24. The van der Waals surface area contributed by atoms with Crippen LogP contribution < -0.4 is 9.64 Å². The van der Waals surface area contributed by atoms with Gasteiger partial charge in [-0.3, -0.25) is 0 Å². The van der Waals surface area contributed by atoms with Crippen molar-refractivity contribution < 1.29 is 9.13 Å². The van der Waals surface area contributed by atoms with Crippen LogP contribution in [0.15, 0.2) is 46.9 Å². The van der Waals surface area contributed by atoms with Gasteiger partial charge in [-0.1, -0.05) is 32.0 Å². The topological polar surface area (TPSA) is 24.8 Å². The van der Waals surface area contributed by atoms with Crippen LogP contribution in [0, 0.1) is 5.92 Å². The molecule has 0 radical (unpaired) electrons. The molecule has 26 heavy (non-hydrogen) atoms. The molecule has 0 aliphatic carbocycles. The van der Waals surface area contributed by atoms with E-state index >= 15 is 0 Å². The Bertz CT molecular complexity index is 854. The molecule has 0 spiro atoms. The van der Waals surface area contributed by atoms with Gasteiger partial charge in [-0.25, -0.2) is 4.39 Å². The molecule has 0 saturated heterocycles. The maximum atomic E-state index is 14.7. The van der Waals surface area contributed by atoms with Crippen LogP contribution in [-0.4, -0.2) is 24.5 Å². The molecule has 0 bridgehead atoms. The van der Waals surface area contributed by atoms with E-state index in [4.69, 9.17) is 9.13 Å². The number of methoxy groups -OCH3 is 1. The average Bonchev–Trinajstić information content (AvgIpc) is 3.13. The van der Waals surface area contributed by atoms with E-state index in [1.54, 1.807) is 7.11 Å². The van der Waals surface area contributed by atoms with E-state index in [1.165, 1.54) is 11.9 Å². The SMILES string of the molecule is CCC(F)C(CC)C1SN=C2c3ccc(OC)cc3-c3ccccc3N21. The summed E-state index contributed by atoms with van der Waals surface area (Å²) < 4.78 is 24.9. The van der Waals surface area contributed by atoms with E-state index in [2.05, 4.69) is 36.1 Å². The van der Waals surface area contributed by atoms with Gasteiger partial charge in [0.05, 0.1) is 12.8 Å². The minimum absolute atomic E-state index is 0.0126. The monoisotopic (exact) mass is 370 g/mol. The Morgan fingerprint density at radius 1 is 1.12 bits per heavy atom. The predicted molar refractivity (Wildman–Crippen MR) is 108 cm³/mol. The van der Waals surface area contributed by atoms with Crippen molar-refractivity contribution in [1.82, 2.24) is 0 Å². The van der Waals surface area contributed by atoms with E-state index < -0.39 is 6.17 Å². The summed E-state index contributed by atoms with van der Waals surface area (Å²) in [5, 5.41) is -0.0126. The van der Waals surface area contributed by atoms with Gasteiger partial charge in [0.15, 0.2) is 0 Å². The normalized spacial score (nSPS) is 19.9. The molecule has 0 saturated carbocycles. The quantitative estimate of drug-likeness (QED) is 0.632. The zero-order valence-corrected chi connectivity index (χ0v) is 16.1. The van der Waals surface area contributed by atoms with Crippen LogP contribution >= 0.6 is 11.9 Å². The molecule has 2 aromatic carbocycles. The van der Waals surface area contributed by atoms with E-state index in [-0.39, 0.29) is 11.3 Å². The van der Waals surface area contributed by atoms with Gasteiger partial charge in [0.25, 0.3) is 0 Å². The highest BCUT2D eigenvalue weighted by molar-refractivity contribution is 7.99. The fraction of sp³-hybridized carbons (Fsp3) is 0.381. The minimum atomic E-state index is -0.823. The van der Waals surface area contributed by atoms with E-state index in [9.17, 15) is 4.39 Å². The van der Waals surface area contributed by atoms with Crippen molar-refractivity contribution in [3.8, 4) is 16.9 Å². The Morgan fingerprint density at radius 2 is 1.92 bits per heavy atom. The molecule has 0 aromatic heterocycles. The van der Waals surface area contributed by atoms with Crippen LogP contribution in [0.5, 0.6) is 5.75 Å². The maximum Gasteiger partial charge on any atom is 0.150 e. The van der Waals surface area contributed by atoms with Crippen LogP contribution in [0.4, 0.5) is 10.1 Å². The van der Waals surface area contributed by atoms with Gasteiger partial charge in [-0.15, -0.1) is 0 Å². The Labute approximate surface area is 158 Å². The van der Waals surface area contributed by atoms with E-state index in [0.29, 0.717) is 6.42 Å². The number of para-hydroxylation sites is 1. The minimum Gasteiger partial charge on any atom is -0.497 e. The number of alkyl halides is 1. The first-order chi connectivity index (χ1) is 12.7. The van der Waals surface area contributed by atoms with Crippen molar-refractivity contribution in [2.75, 3.05) is 12.0 Å². The lowest BCUT2D eigenvalue weighted by Crippen LogP contribution is -2.44. The largest absolute Gasteiger partial charge is 0.497 e. The number of anilines is 1. The Kier molecular flexibility index (Phi) is 4.65. The van der Waals surface area contributed by atoms with E-state index in [1.807, 2.05) is 25.1 Å². The lowest BCUT2D eigenvalue weighted by atomic mass is 9.90. The summed E-state index contributed by atoms with van der Waals surface area (Å²) in [6, 6.07) is 14.4. The standard InChI is InChI=1S/C21H23FN2OS/c1-4-14(18(22)5-2)21-24-19-9-7-6-8-15(19)17-12-13(25-3)10-11-16(17)20(24)23-26-21/h6-12,14,18,21H,4-5H2,1-3H3. The molecular weight excluding hydrogens is 347 g/mol. The first-order valence-electron chi connectivity index (χ1n) is 9.14. The Hall–Kier alpha value is -2.01. The predicted octanol–water partition coefficient (Wildman–Crippen LogP) is 5.69. The van der Waals surface area contributed by atoms with Crippen molar-refractivity contribution in [1.29, 1.82) is 0 Å². The molecule has 2 aromatic rings. The van der Waals surface area contributed by atoms with Crippen molar-refractivity contribution in [2.45, 2.75) is 38.2 Å². The van der Waals surface area contributed by atoms with Crippen LogP contribution in [0.25, 0.3) is 11.1 Å². The van der Waals surface area contributed by atoms with Crippen molar-refractivity contribution in [3.05, 3.63) is 48.0 Å². The molecule has 0 fully saturated rings. The summed E-state index contributed by atoms with van der Waals surface area (Å²) >= 11 is 1.50. The summed E-state index contributed by atoms with van der Waals surface area (Å²) in [6.07, 6.45) is 0.508. The zero-order chi connectivity index (χ0) is 18.3. The smallest absolute Gasteiger partial charge is 0.150 e. The van der Waals surface area contributed by atoms with Gasteiger partial charge in [-0.2, -0.15) is 4.40 Å². The molecule has 0 N–H and O–H groups in total. The molecule has 4 rings (SSSR count). The van der Waals surface area contributed by atoms with Crippen molar-refractivity contribution in [3.63, 3.8) is 0 Å². The molecule has 3 nitrogen and oxygen atoms in total. The molecule has 2 aliphatic rings. The second kappa shape index (κ2) is 6.95. The molecule has 3 unspecified atom stereocenters. The Balaban J connectivity index is 1.85. The van der Waals surface area contributed by atoms with Gasteiger partial charge in [-0.05, 0) is 42.7 Å². The van der Waals surface area contributed by atoms with Gasteiger partial charge in [0.1, 0.15) is 23.1 Å². The molecule has 2 heterocycles. The maximum absolute atomic E-state index is 14.7. The van der Waals surface area contributed by atoms with Crippen molar-refractivity contribution >= 4 is 23.5 Å². The van der Waals surface area contributed by atoms with Gasteiger partial charge in [0, 0.05) is 29.0 Å². The third-order valence-corrected chi connectivity index (χ3v) is 6.40. The number of benzene rings is 2. The average molecular weight is 370 g/mol. The third-order valence-electron chi connectivity index (χ3n) is 5.34. The molecule has 5 heteroatoms. The summed E-state index contributed by atoms with van der Waals surface area (Å²) in [7, 11) is 1.68. The number of fused-ring (bicyclic) bond motifs is 6. The van der Waals surface area contributed by atoms with Crippen LogP contribution in [0.2, 0.25) is 0 Å². The highest BCUT2D eigenvalue weighted by atomic mass is 32.2. The summed E-state index contributed by atoms with van der Waals surface area (Å²) in [6.45, 7) is 3.99. The number of nitrogens with zero attached hydrogens (tertiary/aromatic N) is 2. The second-order valence-corrected chi connectivity index (χ2v) is 7.58. The molecule has 136 valence electrons.